The molecule has 0 aliphatic heterocycles. The van der Waals surface area contributed by atoms with Crippen LogP contribution in [0.4, 0.5) is 15.9 Å². The summed E-state index contributed by atoms with van der Waals surface area (Å²) in [5.74, 6) is 1.76. The quantitative estimate of drug-likeness (QED) is 0.225. The van der Waals surface area contributed by atoms with Crippen LogP contribution in [-0.4, -0.2) is 18.7 Å². The number of nitrogens with one attached hydrogen (secondary N) is 2. The molecule has 5 aromatic rings. The second-order valence-electron chi connectivity index (χ2n) is 7.96. The predicted molar refractivity (Wildman–Crippen MR) is 138 cm³/mol. The van der Waals surface area contributed by atoms with Crippen molar-refractivity contribution >= 4 is 45.3 Å². The molecule has 188 valence electrons. The highest BCUT2D eigenvalue weighted by Gasteiger charge is 2.11. The maximum atomic E-state index is 13.4. The number of ether oxygens (including phenoxy) is 1. The van der Waals surface area contributed by atoms with E-state index >= 15 is 0 Å². The second kappa shape index (κ2) is 11.1. The van der Waals surface area contributed by atoms with Gasteiger partial charge in [0, 0.05) is 27.9 Å². The number of furan rings is 1. The van der Waals surface area contributed by atoms with E-state index in [0.717, 1.165) is 16.5 Å². The first-order valence-corrected chi connectivity index (χ1v) is 12.5. The molecule has 0 saturated carbocycles. The topological polar surface area (TPSA) is 112 Å². The number of benzene rings is 3. The molecule has 1 atom stereocenters. The van der Waals surface area contributed by atoms with Gasteiger partial charge in [0.15, 0.2) is 0 Å². The summed E-state index contributed by atoms with van der Waals surface area (Å²) in [5.41, 5.74) is 2.88. The molecule has 2 heterocycles. The average Bonchev–Trinajstić information content (AvgIpc) is 3.36. The van der Waals surface area contributed by atoms with E-state index in [0.29, 0.717) is 39.4 Å². The van der Waals surface area contributed by atoms with Gasteiger partial charge in [-0.1, -0.05) is 23.7 Å². The van der Waals surface area contributed by atoms with Gasteiger partial charge >= 0.3 is 0 Å². The van der Waals surface area contributed by atoms with Crippen LogP contribution < -0.4 is 14.8 Å². The summed E-state index contributed by atoms with van der Waals surface area (Å²) in [5, 5.41) is 4.40. The molecule has 0 spiro atoms. The van der Waals surface area contributed by atoms with E-state index in [-0.39, 0.29) is 19.0 Å². The highest BCUT2D eigenvalue weighted by Crippen LogP contribution is 2.32. The lowest BCUT2D eigenvalue weighted by Crippen LogP contribution is -2.14. The van der Waals surface area contributed by atoms with Crippen molar-refractivity contribution in [3.05, 3.63) is 101 Å². The lowest BCUT2D eigenvalue weighted by molar-refractivity contribution is 0.306. The first-order chi connectivity index (χ1) is 17.9. The van der Waals surface area contributed by atoms with Gasteiger partial charge in [-0.15, -0.1) is 0 Å². The molecule has 3 aromatic carbocycles. The molecule has 0 radical (unpaired) electrons. The van der Waals surface area contributed by atoms with Crippen LogP contribution in [0.3, 0.4) is 0 Å². The van der Waals surface area contributed by atoms with Crippen molar-refractivity contribution in [2.24, 2.45) is 0 Å². The molecular weight excluding hydrogens is 519 g/mol. The number of halogens is 2. The molecule has 11 heteroatoms. The summed E-state index contributed by atoms with van der Waals surface area (Å²) < 4.78 is 48.6. The van der Waals surface area contributed by atoms with Crippen LogP contribution in [0.2, 0.25) is 5.02 Å². The van der Waals surface area contributed by atoms with Gasteiger partial charge in [-0.05, 0) is 66.2 Å². The van der Waals surface area contributed by atoms with E-state index < -0.39 is 11.3 Å². The van der Waals surface area contributed by atoms with Crippen LogP contribution in [-0.2, 0) is 24.4 Å². The minimum atomic E-state index is -2.37. The lowest BCUT2D eigenvalue weighted by atomic mass is 10.1. The van der Waals surface area contributed by atoms with Gasteiger partial charge in [0.25, 0.3) is 0 Å². The number of hydrogen-bond donors (Lipinski definition) is 2. The van der Waals surface area contributed by atoms with Gasteiger partial charge in [0.05, 0.1) is 17.1 Å². The Morgan fingerprint density at radius 2 is 1.95 bits per heavy atom. The maximum Gasteiger partial charge on any atom is 0.141 e. The first-order valence-electron chi connectivity index (χ1n) is 11.0. The summed E-state index contributed by atoms with van der Waals surface area (Å²) in [6.45, 7) is 0.241. The largest absolute Gasteiger partial charge is 0.760 e. The number of rotatable bonds is 9. The number of anilines is 2. The standard InChI is InChI=1S/C26H20ClFN4O4S/c27-22-12-19(5-8-25(22)35-14-16-2-1-3-18(28)10-16)32-26-21-11-17(4-7-23(21)29-15-30-26)24-9-6-20(36-24)13-31-37(33)34/h1-12,15,31H,13-14H2,(H,33,34)(H,29,30,32)/p-1. The zero-order chi connectivity index (χ0) is 25.8. The third kappa shape index (κ3) is 6.12. The molecule has 1 unspecified atom stereocenters. The average molecular weight is 538 g/mol. The minimum Gasteiger partial charge on any atom is -0.760 e. The van der Waals surface area contributed by atoms with Crippen molar-refractivity contribution in [2.75, 3.05) is 5.32 Å². The Morgan fingerprint density at radius 1 is 1.05 bits per heavy atom. The van der Waals surface area contributed by atoms with E-state index in [1.807, 2.05) is 18.2 Å². The predicted octanol–water partition coefficient (Wildman–Crippen LogP) is 5.89. The van der Waals surface area contributed by atoms with Crippen molar-refractivity contribution in [3.63, 3.8) is 0 Å². The SMILES string of the molecule is O=S([O-])NCc1ccc(-c2ccc3ncnc(Nc4ccc(OCc5cccc(F)c5)c(Cl)c4)c3c2)o1. The summed E-state index contributed by atoms with van der Waals surface area (Å²) in [4.78, 5) is 8.72. The van der Waals surface area contributed by atoms with Crippen molar-refractivity contribution < 1.29 is 22.3 Å². The Kier molecular flexibility index (Phi) is 7.42. The van der Waals surface area contributed by atoms with E-state index in [1.54, 1.807) is 42.5 Å². The third-order valence-electron chi connectivity index (χ3n) is 5.42. The van der Waals surface area contributed by atoms with Crippen LogP contribution >= 0.6 is 11.6 Å². The van der Waals surface area contributed by atoms with Crippen LogP contribution in [0.15, 0.2) is 83.5 Å². The Balaban J connectivity index is 1.35. The molecule has 0 fully saturated rings. The highest BCUT2D eigenvalue weighted by atomic mass is 35.5. The van der Waals surface area contributed by atoms with Gasteiger partial charge in [-0.25, -0.2) is 19.1 Å². The molecule has 2 aromatic heterocycles. The number of fused-ring (bicyclic) bond motifs is 1. The summed E-state index contributed by atoms with van der Waals surface area (Å²) >= 11 is 4.06. The molecule has 2 N–H and O–H groups in total. The highest BCUT2D eigenvalue weighted by molar-refractivity contribution is 7.77. The maximum absolute atomic E-state index is 13.4. The fourth-order valence-electron chi connectivity index (χ4n) is 3.69. The molecule has 37 heavy (non-hydrogen) atoms. The molecule has 5 rings (SSSR count). The van der Waals surface area contributed by atoms with Gasteiger partial charge < -0.3 is 19.0 Å². The fraction of sp³-hybridized carbons (Fsp3) is 0.0769. The lowest BCUT2D eigenvalue weighted by Gasteiger charge is -2.12. The van der Waals surface area contributed by atoms with Gasteiger partial charge in [-0.2, -0.15) is 0 Å². The molecule has 0 amide bonds. The smallest absolute Gasteiger partial charge is 0.141 e. The molecule has 0 bridgehead atoms. The zero-order valence-corrected chi connectivity index (χ0v) is 20.7. The van der Waals surface area contributed by atoms with Gasteiger partial charge in [0.1, 0.15) is 41.8 Å². The molecule has 0 aliphatic carbocycles. The summed E-state index contributed by atoms with van der Waals surface area (Å²) in [6.07, 6.45) is 1.46. The van der Waals surface area contributed by atoms with Gasteiger partial charge in [0.2, 0.25) is 0 Å². The van der Waals surface area contributed by atoms with Crippen LogP contribution in [0.5, 0.6) is 5.75 Å². The number of hydrogen-bond acceptors (Lipinski definition) is 7. The molecule has 0 saturated heterocycles. The van der Waals surface area contributed by atoms with Crippen molar-refractivity contribution in [1.29, 1.82) is 0 Å². The second-order valence-corrected chi connectivity index (χ2v) is 9.13. The molecular formula is C26H19ClFN4O4S-. The Morgan fingerprint density at radius 3 is 2.76 bits per heavy atom. The van der Waals surface area contributed by atoms with Crippen LogP contribution in [0.1, 0.15) is 11.3 Å². The molecule has 0 aliphatic rings. The van der Waals surface area contributed by atoms with E-state index in [2.05, 4.69) is 20.0 Å². The van der Waals surface area contributed by atoms with Crippen LogP contribution in [0, 0.1) is 5.82 Å². The van der Waals surface area contributed by atoms with Crippen molar-refractivity contribution in [1.82, 2.24) is 14.7 Å². The third-order valence-corrected chi connectivity index (χ3v) is 6.10. The normalized spacial score (nSPS) is 12.0. The van der Waals surface area contributed by atoms with Crippen molar-refractivity contribution in [2.45, 2.75) is 13.2 Å². The van der Waals surface area contributed by atoms with E-state index in [9.17, 15) is 13.2 Å². The van der Waals surface area contributed by atoms with Crippen LogP contribution in [0.25, 0.3) is 22.2 Å². The van der Waals surface area contributed by atoms with Gasteiger partial charge in [-0.3, -0.25) is 4.21 Å². The minimum absolute atomic E-state index is 0.0579. The fourth-order valence-corrected chi connectivity index (χ4v) is 4.18. The first kappa shape index (κ1) is 24.8. The number of aromatic nitrogens is 2. The number of nitrogens with zero attached hydrogens (tertiary/aromatic N) is 2. The summed E-state index contributed by atoms with van der Waals surface area (Å²) in [6, 6.07) is 20.5. The van der Waals surface area contributed by atoms with Crippen molar-refractivity contribution in [3.8, 4) is 17.1 Å². The Labute approximate surface area is 218 Å². The Bertz CT molecular complexity index is 1600. The molecule has 8 nitrogen and oxygen atoms in total. The Hall–Kier alpha value is -3.83. The summed E-state index contributed by atoms with van der Waals surface area (Å²) in [7, 11) is 0. The zero-order valence-electron chi connectivity index (χ0n) is 19.1. The monoisotopic (exact) mass is 537 g/mol. The van der Waals surface area contributed by atoms with E-state index in [4.69, 9.17) is 20.8 Å². The van der Waals surface area contributed by atoms with E-state index in [1.165, 1.54) is 18.5 Å².